The number of para-hydroxylation sites is 2. The zero-order chi connectivity index (χ0) is 24.6. The van der Waals surface area contributed by atoms with Crippen molar-refractivity contribution in [2.75, 3.05) is 10.7 Å². The van der Waals surface area contributed by atoms with Crippen molar-refractivity contribution >= 4 is 46.9 Å². The molecule has 1 aliphatic rings. The molecule has 7 heteroatoms. The monoisotopic (exact) mass is 517 g/mol. The number of thioether (sulfide) groups is 1. The number of fused-ring (bicyclic) bond motifs is 1. The molecule has 0 fully saturated rings. The average Bonchev–Trinajstić information content (AvgIpc) is 3.24. The molecule has 1 atom stereocenters. The molecule has 5 rings (SSSR count). The number of carbonyl (C=O) groups is 1. The molecule has 3 aromatic carbocycles. The topological polar surface area (TPSA) is 38.1 Å². The molecule has 35 heavy (non-hydrogen) atoms. The summed E-state index contributed by atoms with van der Waals surface area (Å²) in [5.41, 5.74) is 3.84. The molecule has 0 spiro atoms. The third kappa shape index (κ3) is 4.48. The second-order valence-corrected chi connectivity index (χ2v) is 12.4. The van der Waals surface area contributed by atoms with Gasteiger partial charge in [0, 0.05) is 16.6 Å². The molecule has 0 unspecified atom stereocenters. The van der Waals surface area contributed by atoms with Crippen molar-refractivity contribution in [2.24, 2.45) is 0 Å². The van der Waals surface area contributed by atoms with Crippen LogP contribution >= 0.6 is 35.3 Å². The number of anilines is 1. The molecular formula is C28H27N3OS3. The van der Waals surface area contributed by atoms with Crippen LogP contribution in [-0.4, -0.2) is 27.0 Å². The van der Waals surface area contributed by atoms with Gasteiger partial charge in [-0.2, -0.15) is 0 Å². The Morgan fingerprint density at radius 2 is 1.60 bits per heavy atom. The SMILES string of the molecule is CC1(C)C[C@@](C)(c2ccccc2)c2ccccc2N1C(=O)CSc1nn(-c2ccccc2)c(=S)s1. The van der Waals surface area contributed by atoms with E-state index in [9.17, 15) is 4.79 Å². The number of nitrogens with zero attached hydrogens (tertiary/aromatic N) is 3. The minimum Gasteiger partial charge on any atom is -0.306 e. The van der Waals surface area contributed by atoms with Crippen LogP contribution in [0.15, 0.2) is 89.3 Å². The molecule has 1 aliphatic heterocycles. The van der Waals surface area contributed by atoms with Crippen LogP contribution < -0.4 is 4.90 Å². The molecule has 1 amide bonds. The summed E-state index contributed by atoms with van der Waals surface area (Å²) in [5.74, 6) is 0.381. The van der Waals surface area contributed by atoms with E-state index in [0.717, 1.165) is 22.1 Å². The van der Waals surface area contributed by atoms with E-state index in [0.29, 0.717) is 9.71 Å². The Hall–Kier alpha value is -2.74. The number of hydrogen-bond acceptors (Lipinski definition) is 5. The van der Waals surface area contributed by atoms with E-state index < -0.39 is 0 Å². The maximum Gasteiger partial charge on any atom is 0.237 e. The summed E-state index contributed by atoms with van der Waals surface area (Å²) >= 11 is 8.42. The van der Waals surface area contributed by atoms with Gasteiger partial charge in [-0.3, -0.25) is 4.79 Å². The number of amides is 1. The van der Waals surface area contributed by atoms with Crippen LogP contribution in [0.2, 0.25) is 0 Å². The molecular weight excluding hydrogens is 491 g/mol. The smallest absolute Gasteiger partial charge is 0.237 e. The van der Waals surface area contributed by atoms with Crippen molar-refractivity contribution < 1.29 is 4.79 Å². The molecule has 0 aliphatic carbocycles. The third-order valence-electron chi connectivity index (χ3n) is 6.64. The van der Waals surface area contributed by atoms with E-state index in [2.05, 4.69) is 68.3 Å². The zero-order valence-corrected chi connectivity index (χ0v) is 22.4. The number of aromatic nitrogens is 2. The summed E-state index contributed by atoms with van der Waals surface area (Å²) in [5, 5.41) is 4.66. The lowest BCUT2D eigenvalue weighted by Gasteiger charge is -2.51. The first-order chi connectivity index (χ1) is 16.8. The summed E-state index contributed by atoms with van der Waals surface area (Å²) in [4.78, 5) is 15.7. The van der Waals surface area contributed by atoms with E-state index in [-0.39, 0.29) is 16.9 Å². The lowest BCUT2D eigenvalue weighted by Crippen LogP contribution is -2.56. The van der Waals surface area contributed by atoms with Gasteiger partial charge in [-0.25, -0.2) is 4.68 Å². The van der Waals surface area contributed by atoms with Crippen molar-refractivity contribution in [2.45, 2.75) is 42.5 Å². The molecule has 4 nitrogen and oxygen atoms in total. The summed E-state index contributed by atoms with van der Waals surface area (Å²) in [6.45, 7) is 6.63. The predicted molar refractivity (Wildman–Crippen MR) is 149 cm³/mol. The first-order valence-corrected chi connectivity index (χ1v) is 13.8. The highest BCUT2D eigenvalue weighted by molar-refractivity contribution is 8.01. The van der Waals surface area contributed by atoms with Crippen LogP contribution in [0, 0.1) is 3.95 Å². The quantitative estimate of drug-likeness (QED) is 0.206. The van der Waals surface area contributed by atoms with Crippen molar-refractivity contribution in [1.82, 2.24) is 9.78 Å². The van der Waals surface area contributed by atoms with E-state index in [1.807, 2.05) is 47.4 Å². The minimum atomic E-state index is -0.355. The Kier molecular flexibility index (Phi) is 6.42. The summed E-state index contributed by atoms with van der Waals surface area (Å²) < 4.78 is 3.23. The molecule has 2 heterocycles. The fourth-order valence-electron chi connectivity index (χ4n) is 5.28. The van der Waals surface area contributed by atoms with E-state index in [1.165, 1.54) is 34.2 Å². The van der Waals surface area contributed by atoms with Gasteiger partial charge < -0.3 is 4.90 Å². The summed E-state index contributed by atoms with van der Waals surface area (Å²) in [6, 6.07) is 28.8. The van der Waals surface area contributed by atoms with Crippen LogP contribution in [0.1, 0.15) is 38.3 Å². The normalized spacial score (nSPS) is 18.8. The molecule has 0 saturated carbocycles. The van der Waals surface area contributed by atoms with Crippen LogP contribution in [0.3, 0.4) is 0 Å². The Labute approximate surface area is 219 Å². The van der Waals surface area contributed by atoms with Gasteiger partial charge in [0.2, 0.25) is 5.91 Å². The molecule has 0 radical (unpaired) electrons. The molecule has 0 saturated heterocycles. The summed E-state index contributed by atoms with van der Waals surface area (Å²) in [7, 11) is 0. The fraction of sp³-hybridized carbons (Fsp3) is 0.250. The standard InChI is InChI=1S/C28H27N3OS3/c1-27(2)19-28(3,20-12-6-4-7-13-20)22-16-10-11-17-23(22)30(27)24(32)18-34-25-29-31(26(33)35-25)21-14-8-5-9-15-21/h4-17H,18-19H2,1-3H3/t28-/m0/s1. The first-order valence-electron chi connectivity index (χ1n) is 11.6. The number of carbonyl (C=O) groups excluding carboxylic acids is 1. The highest BCUT2D eigenvalue weighted by Crippen LogP contribution is 2.50. The van der Waals surface area contributed by atoms with Gasteiger partial charge in [-0.15, -0.1) is 5.10 Å². The van der Waals surface area contributed by atoms with Gasteiger partial charge in [0.25, 0.3) is 0 Å². The number of hydrogen-bond donors (Lipinski definition) is 0. The Balaban J connectivity index is 1.43. The van der Waals surface area contributed by atoms with Crippen molar-refractivity contribution in [1.29, 1.82) is 0 Å². The second kappa shape index (κ2) is 9.37. The van der Waals surface area contributed by atoms with Crippen molar-refractivity contribution in [3.63, 3.8) is 0 Å². The largest absolute Gasteiger partial charge is 0.306 e. The Morgan fingerprint density at radius 3 is 2.31 bits per heavy atom. The number of rotatable bonds is 5. The van der Waals surface area contributed by atoms with Crippen LogP contribution in [-0.2, 0) is 10.2 Å². The molecule has 4 aromatic rings. The number of benzene rings is 3. The van der Waals surface area contributed by atoms with Gasteiger partial charge in [0.1, 0.15) is 0 Å². The van der Waals surface area contributed by atoms with Gasteiger partial charge in [0.05, 0.1) is 11.4 Å². The Bertz CT molecular complexity index is 1410. The van der Waals surface area contributed by atoms with Crippen LogP contribution in [0.5, 0.6) is 0 Å². The van der Waals surface area contributed by atoms with E-state index >= 15 is 0 Å². The second-order valence-electron chi connectivity index (χ2n) is 9.60. The first kappa shape index (κ1) is 24.0. The van der Waals surface area contributed by atoms with Crippen molar-refractivity contribution in [3.05, 3.63) is 100 Å². The van der Waals surface area contributed by atoms with Crippen LogP contribution in [0.25, 0.3) is 5.69 Å². The lowest BCUT2D eigenvalue weighted by atomic mass is 9.65. The maximum absolute atomic E-state index is 13.7. The highest BCUT2D eigenvalue weighted by atomic mass is 32.2. The molecule has 0 N–H and O–H groups in total. The summed E-state index contributed by atoms with van der Waals surface area (Å²) in [6.07, 6.45) is 0.832. The lowest BCUT2D eigenvalue weighted by molar-refractivity contribution is -0.117. The fourth-order valence-corrected chi connectivity index (χ4v) is 7.49. The maximum atomic E-state index is 13.7. The third-order valence-corrected chi connectivity index (χ3v) is 8.99. The van der Waals surface area contributed by atoms with Crippen molar-refractivity contribution in [3.8, 4) is 5.69 Å². The van der Waals surface area contributed by atoms with E-state index in [4.69, 9.17) is 12.2 Å². The van der Waals surface area contributed by atoms with Crippen LogP contribution in [0.4, 0.5) is 5.69 Å². The molecule has 178 valence electrons. The van der Waals surface area contributed by atoms with Gasteiger partial charge in [0.15, 0.2) is 8.29 Å². The zero-order valence-electron chi connectivity index (χ0n) is 20.0. The predicted octanol–water partition coefficient (Wildman–Crippen LogP) is 7.28. The minimum absolute atomic E-state index is 0.0786. The highest BCUT2D eigenvalue weighted by Gasteiger charge is 2.47. The molecule has 1 aromatic heterocycles. The van der Waals surface area contributed by atoms with Gasteiger partial charge >= 0.3 is 0 Å². The van der Waals surface area contributed by atoms with Gasteiger partial charge in [-0.1, -0.05) is 96.8 Å². The van der Waals surface area contributed by atoms with Gasteiger partial charge in [-0.05, 0) is 61.8 Å². The average molecular weight is 518 g/mol. The van der Waals surface area contributed by atoms with E-state index in [1.54, 1.807) is 4.68 Å². The molecule has 0 bridgehead atoms. The Morgan fingerprint density at radius 1 is 0.971 bits per heavy atom.